The Labute approximate surface area is 229 Å². The summed E-state index contributed by atoms with van der Waals surface area (Å²) >= 11 is 0. The van der Waals surface area contributed by atoms with Gasteiger partial charge in [-0.15, -0.1) is 0 Å². The standard InChI is InChI=1S/C28H42O11/c1-14(2)19-20-22(28(12-35-28)24(37-16(4)31)21(19)36-15(3)30)27(8)11-25(6,33)18(34-13-29)9-10-26(7,23(20)39-27)38-17(5)32/h13-14,18-24,33H,9-12H2,1-8H3. The van der Waals surface area contributed by atoms with Crippen molar-refractivity contribution in [3.8, 4) is 0 Å². The zero-order chi connectivity index (χ0) is 29.1. The first-order valence-corrected chi connectivity index (χ1v) is 13.7. The minimum atomic E-state index is -1.51. The monoisotopic (exact) mass is 554 g/mol. The highest BCUT2D eigenvalue weighted by Crippen LogP contribution is 2.66. The van der Waals surface area contributed by atoms with Gasteiger partial charge in [-0.3, -0.25) is 19.2 Å². The van der Waals surface area contributed by atoms with Gasteiger partial charge in [0.15, 0.2) is 6.10 Å². The van der Waals surface area contributed by atoms with Crippen LogP contribution in [0, 0.1) is 23.7 Å². The van der Waals surface area contributed by atoms with Crippen molar-refractivity contribution in [3.05, 3.63) is 0 Å². The number of rotatable bonds is 6. The summed E-state index contributed by atoms with van der Waals surface area (Å²) in [5.41, 5.74) is -4.84. The van der Waals surface area contributed by atoms with Crippen LogP contribution in [-0.2, 0) is 47.6 Å². The Kier molecular flexibility index (Phi) is 7.62. The first kappa shape index (κ1) is 29.7. The van der Waals surface area contributed by atoms with Crippen molar-refractivity contribution < 1.29 is 52.7 Å². The van der Waals surface area contributed by atoms with Gasteiger partial charge in [-0.1, -0.05) is 13.8 Å². The van der Waals surface area contributed by atoms with Crippen LogP contribution in [-0.4, -0.2) is 82.9 Å². The van der Waals surface area contributed by atoms with Crippen LogP contribution in [0.5, 0.6) is 0 Å². The summed E-state index contributed by atoms with van der Waals surface area (Å²) in [4.78, 5) is 48.5. The maximum atomic E-state index is 12.4. The number of esters is 3. The molecule has 1 N–H and O–H groups in total. The van der Waals surface area contributed by atoms with E-state index < -0.39 is 70.6 Å². The van der Waals surface area contributed by atoms with Crippen LogP contribution in [0.15, 0.2) is 0 Å². The molecule has 11 nitrogen and oxygen atoms in total. The van der Waals surface area contributed by atoms with E-state index in [-0.39, 0.29) is 43.6 Å². The Morgan fingerprint density at radius 2 is 1.64 bits per heavy atom. The minimum Gasteiger partial charge on any atom is -0.462 e. The number of hydrogen-bond acceptors (Lipinski definition) is 11. The molecule has 0 amide bonds. The van der Waals surface area contributed by atoms with Crippen molar-refractivity contribution in [2.45, 2.75) is 121 Å². The summed E-state index contributed by atoms with van der Waals surface area (Å²) in [7, 11) is 0. The summed E-state index contributed by atoms with van der Waals surface area (Å²) < 4.78 is 36.2. The van der Waals surface area contributed by atoms with E-state index in [0.29, 0.717) is 6.47 Å². The molecule has 3 heterocycles. The Morgan fingerprint density at radius 3 is 2.13 bits per heavy atom. The molecular formula is C28H42O11. The lowest BCUT2D eigenvalue weighted by molar-refractivity contribution is -0.209. The van der Waals surface area contributed by atoms with Gasteiger partial charge in [-0.05, 0) is 39.5 Å². The van der Waals surface area contributed by atoms with Crippen molar-refractivity contribution >= 4 is 24.4 Å². The quantitative estimate of drug-likeness (QED) is 0.223. The third-order valence-electron chi connectivity index (χ3n) is 9.27. The molecule has 11 atom stereocenters. The van der Waals surface area contributed by atoms with Crippen LogP contribution >= 0.6 is 0 Å². The van der Waals surface area contributed by atoms with E-state index in [1.54, 1.807) is 13.8 Å². The minimum absolute atomic E-state index is 0.0628. The summed E-state index contributed by atoms with van der Waals surface area (Å²) in [6, 6.07) is 0. The van der Waals surface area contributed by atoms with Crippen molar-refractivity contribution in [2.75, 3.05) is 6.61 Å². The van der Waals surface area contributed by atoms with E-state index in [1.165, 1.54) is 20.8 Å². The number of carbonyl (C=O) groups excluding carboxylic acids is 4. The number of carbonyl (C=O) groups is 4. The zero-order valence-electron chi connectivity index (χ0n) is 24.1. The van der Waals surface area contributed by atoms with Crippen LogP contribution in [0.2, 0.25) is 0 Å². The van der Waals surface area contributed by atoms with Crippen molar-refractivity contribution in [1.82, 2.24) is 0 Å². The lowest BCUT2D eigenvalue weighted by atomic mass is 9.53. The predicted octanol–water partition coefficient (Wildman–Crippen LogP) is 2.09. The zero-order valence-corrected chi connectivity index (χ0v) is 24.1. The van der Waals surface area contributed by atoms with Gasteiger partial charge in [0.05, 0.1) is 12.2 Å². The maximum absolute atomic E-state index is 12.4. The second-order valence-corrected chi connectivity index (χ2v) is 12.8. The van der Waals surface area contributed by atoms with Crippen molar-refractivity contribution in [1.29, 1.82) is 0 Å². The molecule has 11 unspecified atom stereocenters. The predicted molar refractivity (Wildman–Crippen MR) is 134 cm³/mol. The fourth-order valence-electron chi connectivity index (χ4n) is 8.19. The van der Waals surface area contributed by atoms with Gasteiger partial charge in [-0.2, -0.15) is 0 Å². The smallest absolute Gasteiger partial charge is 0.303 e. The molecule has 4 aliphatic rings. The van der Waals surface area contributed by atoms with Gasteiger partial charge < -0.3 is 33.5 Å². The molecule has 3 aliphatic heterocycles. The molecule has 3 saturated heterocycles. The van der Waals surface area contributed by atoms with Crippen molar-refractivity contribution in [3.63, 3.8) is 0 Å². The lowest BCUT2D eigenvalue weighted by Gasteiger charge is -2.53. The Bertz CT molecular complexity index is 1000. The van der Waals surface area contributed by atoms with E-state index in [1.807, 2.05) is 20.8 Å². The topological polar surface area (TPSA) is 147 Å². The molecule has 1 aliphatic carbocycles. The highest BCUT2D eigenvalue weighted by atomic mass is 16.7. The van der Waals surface area contributed by atoms with E-state index >= 15 is 0 Å². The molecule has 4 fully saturated rings. The SMILES string of the molecule is CC(=O)OC1C(C(C)C)C2C3OC(C)(CC(C)(O)C(OC=O)CCC3(C)OC(C)=O)C2C2(CO2)C1OC(C)=O. The number of ether oxygens (including phenoxy) is 6. The highest BCUT2D eigenvalue weighted by Gasteiger charge is 2.79. The molecular weight excluding hydrogens is 512 g/mol. The Balaban J connectivity index is 1.95. The third kappa shape index (κ3) is 5.06. The third-order valence-corrected chi connectivity index (χ3v) is 9.27. The average molecular weight is 555 g/mol. The van der Waals surface area contributed by atoms with Gasteiger partial charge in [0.25, 0.3) is 6.47 Å². The molecule has 1 saturated carbocycles. The molecule has 1 spiro atoms. The number of hydrogen-bond donors (Lipinski definition) is 1. The summed E-state index contributed by atoms with van der Waals surface area (Å²) in [5, 5.41) is 11.7. The molecule has 0 aromatic carbocycles. The van der Waals surface area contributed by atoms with Gasteiger partial charge in [-0.25, -0.2) is 0 Å². The molecule has 220 valence electrons. The number of fused-ring (bicyclic) bond motifs is 6. The first-order valence-electron chi connectivity index (χ1n) is 13.7. The fraction of sp³-hybridized carbons (Fsp3) is 0.857. The van der Waals surface area contributed by atoms with E-state index in [2.05, 4.69) is 0 Å². The van der Waals surface area contributed by atoms with E-state index in [0.717, 1.165) is 0 Å². The Hall–Kier alpha value is -2.24. The number of aliphatic hydroxyl groups is 1. The molecule has 39 heavy (non-hydrogen) atoms. The second kappa shape index (κ2) is 9.99. The van der Waals surface area contributed by atoms with Crippen LogP contribution in [0.1, 0.15) is 74.7 Å². The summed E-state index contributed by atoms with van der Waals surface area (Å²) in [6.45, 7) is 13.7. The molecule has 0 radical (unpaired) electrons. The van der Waals surface area contributed by atoms with Crippen LogP contribution in [0.25, 0.3) is 0 Å². The van der Waals surface area contributed by atoms with Gasteiger partial charge in [0.1, 0.15) is 35.1 Å². The lowest BCUT2D eigenvalue weighted by Crippen LogP contribution is -2.66. The molecule has 0 aromatic rings. The number of epoxide rings is 1. The highest BCUT2D eigenvalue weighted by molar-refractivity contribution is 5.68. The van der Waals surface area contributed by atoms with Crippen molar-refractivity contribution in [2.24, 2.45) is 23.7 Å². The van der Waals surface area contributed by atoms with E-state index in [4.69, 9.17) is 28.4 Å². The van der Waals surface area contributed by atoms with Gasteiger partial charge >= 0.3 is 17.9 Å². The fourth-order valence-corrected chi connectivity index (χ4v) is 8.19. The first-order chi connectivity index (χ1) is 18.0. The molecule has 2 bridgehead atoms. The van der Waals surface area contributed by atoms with E-state index in [9.17, 15) is 24.3 Å². The Morgan fingerprint density at radius 1 is 1.03 bits per heavy atom. The van der Waals surface area contributed by atoms with Crippen LogP contribution < -0.4 is 0 Å². The summed E-state index contributed by atoms with van der Waals surface area (Å²) in [6.07, 6.45) is -2.80. The second-order valence-electron chi connectivity index (χ2n) is 12.8. The normalized spacial score (nSPS) is 46.8. The van der Waals surface area contributed by atoms with Crippen LogP contribution in [0.3, 0.4) is 0 Å². The van der Waals surface area contributed by atoms with Gasteiger partial charge in [0.2, 0.25) is 0 Å². The maximum Gasteiger partial charge on any atom is 0.303 e. The molecule has 0 aromatic heterocycles. The van der Waals surface area contributed by atoms with Crippen LogP contribution in [0.4, 0.5) is 0 Å². The summed E-state index contributed by atoms with van der Waals surface area (Å²) in [5.74, 6) is -2.81. The molecule has 11 heteroatoms. The molecule has 4 rings (SSSR count). The largest absolute Gasteiger partial charge is 0.462 e. The average Bonchev–Trinajstić information content (AvgIpc) is 3.48. The van der Waals surface area contributed by atoms with Gasteiger partial charge in [0, 0.05) is 44.9 Å².